The maximum absolute atomic E-state index is 10.9. The first-order valence-electron chi connectivity index (χ1n) is 4.55. The summed E-state index contributed by atoms with van der Waals surface area (Å²) in [5.74, 6) is -0.743. The van der Waals surface area contributed by atoms with E-state index in [1.807, 2.05) is 0 Å². The topological polar surface area (TPSA) is 57.5 Å². The first-order chi connectivity index (χ1) is 7.09. The van der Waals surface area contributed by atoms with Gasteiger partial charge in [-0.15, -0.1) is 0 Å². The van der Waals surface area contributed by atoms with E-state index in [0.29, 0.717) is 5.56 Å². The molecule has 0 radical (unpaired) electrons. The predicted octanol–water partition coefficient (Wildman–Crippen LogP) is 2.55. The second kappa shape index (κ2) is 3.28. The van der Waals surface area contributed by atoms with Crippen LogP contribution in [0.2, 0.25) is 0 Å². The number of aryl methyl sites for hydroxylation is 1. The van der Waals surface area contributed by atoms with Crippen molar-refractivity contribution in [3.05, 3.63) is 41.5 Å². The molecule has 2 N–H and O–H groups in total. The van der Waals surface area contributed by atoms with E-state index in [1.165, 1.54) is 0 Å². The molecule has 0 aliphatic heterocycles. The molecule has 15 heavy (non-hydrogen) atoms. The number of fused-ring (bicyclic) bond motifs is 1. The van der Waals surface area contributed by atoms with Crippen LogP contribution >= 0.6 is 0 Å². The van der Waals surface area contributed by atoms with Crippen molar-refractivity contribution in [3.63, 3.8) is 0 Å². The van der Waals surface area contributed by atoms with Crippen molar-refractivity contribution in [2.45, 2.75) is 6.92 Å². The Kier molecular flexibility index (Phi) is 2.08. The maximum atomic E-state index is 10.9. The minimum Gasteiger partial charge on any atom is -0.508 e. The first kappa shape index (κ1) is 9.52. The number of aromatic carboxylic acids is 1. The van der Waals surface area contributed by atoms with Gasteiger partial charge >= 0.3 is 5.97 Å². The first-order valence-corrected chi connectivity index (χ1v) is 4.55. The van der Waals surface area contributed by atoms with E-state index in [9.17, 15) is 9.90 Å². The Bertz CT molecular complexity index is 544. The van der Waals surface area contributed by atoms with Crippen molar-refractivity contribution >= 4 is 16.7 Å². The molecule has 0 aromatic heterocycles. The number of benzene rings is 2. The summed E-state index contributed by atoms with van der Waals surface area (Å²) in [6, 6.07) is 8.16. The van der Waals surface area contributed by atoms with Crippen molar-refractivity contribution in [1.29, 1.82) is 0 Å². The number of rotatable bonds is 1. The summed E-state index contributed by atoms with van der Waals surface area (Å²) in [6.45, 7) is 1.77. The molecule has 76 valence electrons. The third-order valence-electron chi connectivity index (χ3n) is 2.50. The minimum absolute atomic E-state index is 0.185. The highest BCUT2D eigenvalue weighted by atomic mass is 16.4. The SMILES string of the molecule is Cc1c(C(=O)O)ccc2cc(O)ccc12. The van der Waals surface area contributed by atoms with Crippen molar-refractivity contribution in [2.24, 2.45) is 0 Å². The summed E-state index contributed by atoms with van der Waals surface area (Å²) < 4.78 is 0. The van der Waals surface area contributed by atoms with E-state index in [4.69, 9.17) is 5.11 Å². The number of phenols is 1. The van der Waals surface area contributed by atoms with Crippen LogP contribution in [-0.4, -0.2) is 16.2 Å². The zero-order valence-electron chi connectivity index (χ0n) is 8.19. The molecule has 0 heterocycles. The molecule has 0 bridgehead atoms. The number of carboxylic acid groups (broad SMARTS) is 1. The molecule has 0 unspecified atom stereocenters. The molecular weight excluding hydrogens is 192 g/mol. The van der Waals surface area contributed by atoms with Gasteiger partial charge in [-0.3, -0.25) is 0 Å². The molecule has 3 nitrogen and oxygen atoms in total. The molecule has 2 aromatic rings. The average molecular weight is 202 g/mol. The number of hydrogen-bond acceptors (Lipinski definition) is 2. The molecule has 0 spiro atoms. The average Bonchev–Trinajstić information content (AvgIpc) is 2.17. The van der Waals surface area contributed by atoms with Crippen LogP contribution in [0.3, 0.4) is 0 Å². The van der Waals surface area contributed by atoms with Crippen LogP contribution in [0.15, 0.2) is 30.3 Å². The van der Waals surface area contributed by atoms with Crippen LogP contribution in [0, 0.1) is 6.92 Å². The summed E-state index contributed by atoms with van der Waals surface area (Å²) in [6.07, 6.45) is 0. The van der Waals surface area contributed by atoms with Gasteiger partial charge in [-0.05, 0) is 41.5 Å². The summed E-state index contributed by atoms with van der Waals surface area (Å²) >= 11 is 0. The number of hydrogen-bond donors (Lipinski definition) is 2. The van der Waals surface area contributed by atoms with Gasteiger partial charge in [0.05, 0.1) is 5.56 Å². The zero-order valence-corrected chi connectivity index (χ0v) is 8.19. The normalized spacial score (nSPS) is 10.5. The monoisotopic (exact) mass is 202 g/mol. The Balaban J connectivity index is 2.80. The maximum Gasteiger partial charge on any atom is 0.335 e. The molecule has 0 aliphatic carbocycles. The van der Waals surface area contributed by atoms with Gasteiger partial charge in [-0.1, -0.05) is 12.1 Å². The van der Waals surface area contributed by atoms with Gasteiger partial charge in [0.2, 0.25) is 0 Å². The fourth-order valence-corrected chi connectivity index (χ4v) is 1.70. The highest BCUT2D eigenvalue weighted by Gasteiger charge is 2.09. The molecule has 2 rings (SSSR count). The largest absolute Gasteiger partial charge is 0.508 e. The molecule has 0 amide bonds. The Morgan fingerprint density at radius 3 is 2.60 bits per heavy atom. The number of phenolic OH excluding ortho intramolecular Hbond substituents is 1. The molecule has 2 aromatic carbocycles. The Morgan fingerprint density at radius 2 is 1.93 bits per heavy atom. The van der Waals surface area contributed by atoms with Crippen molar-refractivity contribution in [2.75, 3.05) is 0 Å². The number of aromatic hydroxyl groups is 1. The Morgan fingerprint density at radius 1 is 1.20 bits per heavy atom. The fourth-order valence-electron chi connectivity index (χ4n) is 1.70. The van der Waals surface area contributed by atoms with Crippen LogP contribution in [0.5, 0.6) is 5.75 Å². The van der Waals surface area contributed by atoms with E-state index in [-0.39, 0.29) is 5.75 Å². The smallest absolute Gasteiger partial charge is 0.335 e. The van der Waals surface area contributed by atoms with Crippen LogP contribution in [-0.2, 0) is 0 Å². The van der Waals surface area contributed by atoms with Gasteiger partial charge in [0.15, 0.2) is 0 Å². The summed E-state index contributed by atoms with van der Waals surface area (Å²) in [5.41, 5.74) is 1.02. The van der Waals surface area contributed by atoms with Gasteiger partial charge in [-0.2, -0.15) is 0 Å². The van der Waals surface area contributed by atoms with E-state index in [0.717, 1.165) is 16.3 Å². The summed E-state index contributed by atoms with van der Waals surface area (Å²) in [4.78, 5) is 10.9. The standard InChI is InChI=1S/C12H10O3/c1-7-10-5-3-9(13)6-8(10)2-4-11(7)12(14)15/h2-6,13H,1H3,(H,14,15). The second-order valence-corrected chi connectivity index (χ2v) is 3.45. The Hall–Kier alpha value is -2.03. The highest BCUT2D eigenvalue weighted by Crippen LogP contribution is 2.25. The molecule has 0 saturated heterocycles. The lowest BCUT2D eigenvalue weighted by Gasteiger charge is -2.05. The molecule has 0 aliphatic rings. The van der Waals surface area contributed by atoms with E-state index in [1.54, 1.807) is 37.3 Å². The van der Waals surface area contributed by atoms with Gasteiger partial charge in [0.25, 0.3) is 0 Å². The van der Waals surface area contributed by atoms with Crippen LogP contribution in [0.4, 0.5) is 0 Å². The molecule has 0 atom stereocenters. The fraction of sp³-hybridized carbons (Fsp3) is 0.0833. The van der Waals surface area contributed by atoms with E-state index < -0.39 is 5.97 Å². The minimum atomic E-state index is -0.928. The molecule has 0 fully saturated rings. The van der Waals surface area contributed by atoms with E-state index in [2.05, 4.69) is 0 Å². The molecule has 0 saturated carbocycles. The molecular formula is C12H10O3. The van der Waals surface area contributed by atoms with Crippen molar-refractivity contribution < 1.29 is 15.0 Å². The van der Waals surface area contributed by atoms with Crippen LogP contribution in [0.25, 0.3) is 10.8 Å². The van der Waals surface area contributed by atoms with Crippen LogP contribution < -0.4 is 0 Å². The number of carbonyl (C=O) groups is 1. The van der Waals surface area contributed by atoms with Gasteiger partial charge in [0.1, 0.15) is 5.75 Å². The van der Waals surface area contributed by atoms with E-state index >= 15 is 0 Å². The third-order valence-corrected chi connectivity index (χ3v) is 2.50. The van der Waals surface area contributed by atoms with Gasteiger partial charge in [-0.25, -0.2) is 4.79 Å². The lowest BCUT2D eigenvalue weighted by Crippen LogP contribution is -1.99. The summed E-state index contributed by atoms with van der Waals surface area (Å²) in [5, 5.41) is 19.9. The van der Waals surface area contributed by atoms with Gasteiger partial charge in [0, 0.05) is 0 Å². The van der Waals surface area contributed by atoms with Crippen LogP contribution in [0.1, 0.15) is 15.9 Å². The number of carboxylic acids is 1. The third kappa shape index (κ3) is 1.52. The van der Waals surface area contributed by atoms with Crippen molar-refractivity contribution in [1.82, 2.24) is 0 Å². The summed E-state index contributed by atoms with van der Waals surface area (Å²) in [7, 11) is 0. The lowest BCUT2D eigenvalue weighted by molar-refractivity contribution is 0.0696. The molecule has 3 heteroatoms. The second-order valence-electron chi connectivity index (χ2n) is 3.45. The lowest BCUT2D eigenvalue weighted by atomic mass is 10.00. The highest BCUT2D eigenvalue weighted by molar-refractivity contribution is 5.98. The zero-order chi connectivity index (χ0) is 11.0. The quantitative estimate of drug-likeness (QED) is 0.747. The van der Waals surface area contributed by atoms with Crippen molar-refractivity contribution in [3.8, 4) is 5.75 Å². The predicted molar refractivity (Wildman–Crippen MR) is 57.3 cm³/mol. The van der Waals surface area contributed by atoms with Gasteiger partial charge < -0.3 is 10.2 Å². The Labute approximate surface area is 86.6 Å².